The molecule has 0 radical (unpaired) electrons. The monoisotopic (exact) mass is 353 g/mol. The molecule has 0 N–H and O–H groups in total. The molecule has 0 saturated carbocycles. The van der Waals surface area contributed by atoms with E-state index in [-0.39, 0.29) is 11.8 Å². The number of para-hydroxylation sites is 2. The third-order valence-corrected chi connectivity index (χ3v) is 5.02. The van der Waals surface area contributed by atoms with Crippen molar-refractivity contribution < 1.29 is 4.79 Å². The van der Waals surface area contributed by atoms with E-state index in [2.05, 4.69) is 24.5 Å². The summed E-state index contributed by atoms with van der Waals surface area (Å²) in [5.74, 6) is 1.23. The van der Waals surface area contributed by atoms with Crippen molar-refractivity contribution in [3.8, 4) is 0 Å². The fraction of sp³-hybridized carbons (Fsp3) is 0.300. The zero-order valence-corrected chi connectivity index (χ0v) is 15.1. The van der Waals surface area contributed by atoms with Gasteiger partial charge in [0, 0.05) is 35.6 Å². The van der Waals surface area contributed by atoms with Crippen LogP contribution in [0, 0.1) is 0 Å². The summed E-state index contributed by atoms with van der Waals surface area (Å²) in [6, 6.07) is 15.9. The van der Waals surface area contributed by atoms with Crippen LogP contribution in [0.3, 0.4) is 0 Å². The second kappa shape index (κ2) is 6.19. The van der Waals surface area contributed by atoms with Crippen LogP contribution in [-0.2, 0) is 4.79 Å². The highest BCUT2D eigenvalue weighted by atomic mass is 35.5. The molecule has 0 bridgehead atoms. The Morgan fingerprint density at radius 2 is 1.84 bits per heavy atom. The minimum absolute atomic E-state index is 0.0954. The van der Waals surface area contributed by atoms with Crippen LogP contribution >= 0.6 is 11.6 Å². The highest BCUT2D eigenvalue weighted by Crippen LogP contribution is 2.34. The molecule has 0 aliphatic carbocycles. The largest absolute Gasteiger partial charge is 0.325 e. The van der Waals surface area contributed by atoms with E-state index in [1.54, 1.807) is 0 Å². The van der Waals surface area contributed by atoms with E-state index in [0.29, 0.717) is 24.0 Å². The van der Waals surface area contributed by atoms with Gasteiger partial charge in [-0.1, -0.05) is 23.7 Å². The molecule has 4 rings (SSSR count). The highest BCUT2D eigenvalue weighted by Gasteiger charge is 2.35. The van der Waals surface area contributed by atoms with Gasteiger partial charge in [-0.2, -0.15) is 0 Å². The van der Waals surface area contributed by atoms with E-state index >= 15 is 0 Å². The topological polar surface area (TPSA) is 38.1 Å². The Kier molecular flexibility index (Phi) is 4.00. The second-order valence-corrected chi connectivity index (χ2v) is 7.24. The molecular formula is C20H20ClN3O. The van der Waals surface area contributed by atoms with Gasteiger partial charge in [0.05, 0.1) is 11.0 Å². The maximum absolute atomic E-state index is 12.6. The van der Waals surface area contributed by atoms with Gasteiger partial charge in [0.15, 0.2) is 0 Å². The zero-order chi connectivity index (χ0) is 17.6. The molecule has 1 unspecified atom stereocenters. The van der Waals surface area contributed by atoms with Gasteiger partial charge in [0.1, 0.15) is 5.82 Å². The standard InChI is InChI=1S/C20H20ClN3O/c1-13(2)24-18-6-4-3-5-17(18)22-20(24)14-11-19(25)23(12-14)16-9-7-15(21)8-10-16/h3-10,13-14H,11-12H2,1-2H3. The van der Waals surface area contributed by atoms with Crippen LogP contribution < -0.4 is 4.90 Å². The number of rotatable bonds is 3. The van der Waals surface area contributed by atoms with Crippen molar-refractivity contribution in [3.63, 3.8) is 0 Å². The van der Waals surface area contributed by atoms with Crippen molar-refractivity contribution in [2.24, 2.45) is 0 Å². The van der Waals surface area contributed by atoms with Crippen molar-refractivity contribution in [1.82, 2.24) is 9.55 Å². The fourth-order valence-electron chi connectivity index (χ4n) is 3.64. The van der Waals surface area contributed by atoms with Crippen LogP contribution in [0.1, 0.15) is 38.1 Å². The number of hydrogen-bond donors (Lipinski definition) is 0. The summed E-state index contributed by atoms with van der Waals surface area (Å²) in [6.07, 6.45) is 0.485. The number of aromatic nitrogens is 2. The number of carbonyl (C=O) groups excluding carboxylic acids is 1. The van der Waals surface area contributed by atoms with Gasteiger partial charge < -0.3 is 9.47 Å². The molecule has 1 amide bonds. The Morgan fingerprint density at radius 1 is 1.12 bits per heavy atom. The van der Waals surface area contributed by atoms with E-state index in [0.717, 1.165) is 22.5 Å². The lowest BCUT2D eigenvalue weighted by molar-refractivity contribution is -0.117. The number of fused-ring (bicyclic) bond motifs is 1. The molecule has 1 aromatic heterocycles. The molecule has 4 nitrogen and oxygen atoms in total. The maximum atomic E-state index is 12.6. The summed E-state index contributed by atoms with van der Waals surface area (Å²) in [5, 5.41) is 0.675. The first-order valence-corrected chi connectivity index (χ1v) is 8.95. The lowest BCUT2D eigenvalue weighted by Crippen LogP contribution is -2.24. The lowest BCUT2D eigenvalue weighted by Gasteiger charge is -2.19. The minimum atomic E-state index is 0.0954. The number of benzene rings is 2. The first-order valence-electron chi connectivity index (χ1n) is 8.57. The van der Waals surface area contributed by atoms with Crippen molar-refractivity contribution in [1.29, 1.82) is 0 Å². The number of carbonyl (C=O) groups is 1. The van der Waals surface area contributed by atoms with Gasteiger partial charge in [0.2, 0.25) is 5.91 Å². The van der Waals surface area contributed by atoms with E-state index in [4.69, 9.17) is 16.6 Å². The molecule has 1 atom stereocenters. The van der Waals surface area contributed by atoms with Crippen molar-refractivity contribution >= 4 is 34.2 Å². The first kappa shape index (κ1) is 16.2. The summed E-state index contributed by atoms with van der Waals surface area (Å²) >= 11 is 5.96. The highest BCUT2D eigenvalue weighted by molar-refractivity contribution is 6.30. The average molecular weight is 354 g/mol. The number of halogens is 1. The second-order valence-electron chi connectivity index (χ2n) is 6.80. The molecule has 1 saturated heterocycles. The molecule has 2 aromatic carbocycles. The zero-order valence-electron chi connectivity index (χ0n) is 14.3. The first-order chi connectivity index (χ1) is 12.0. The van der Waals surface area contributed by atoms with Crippen LogP contribution in [0.15, 0.2) is 48.5 Å². The van der Waals surface area contributed by atoms with Crippen LogP contribution in [0.5, 0.6) is 0 Å². The molecule has 1 aliphatic heterocycles. The number of nitrogens with zero attached hydrogens (tertiary/aromatic N) is 3. The Hall–Kier alpha value is -2.33. The van der Waals surface area contributed by atoms with Crippen LogP contribution in [0.2, 0.25) is 5.02 Å². The minimum Gasteiger partial charge on any atom is -0.325 e. The summed E-state index contributed by atoms with van der Waals surface area (Å²) in [4.78, 5) is 19.3. The molecule has 1 aliphatic rings. The van der Waals surface area contributed by atoms with Gasteiger partial charge in [-0.15, -0.1) is 0 Å². The van der Waals surface area contributed by atoms with Crippen LogP contribution in [0.25, 0.3) is 11.0 Å². The lowest BCUT2D eigenvalue weighted by atomic mass is 10.1. The van der Waals surface area contributed by atoms with Gasteiger partial charge in [0.25, 0.3) is 0 Å². The quantitative estimate of drug-likeness (QED) is 0.679. The number of amides is 1. The van der Waals surface area contributed by atoms with Crippen molar-refractivity contribution in [3.05, 3.63) is 59.4 Å². The number of imidazole rings is 1. The van der Waals surface area contributed by atoms with Crippen molar-refractivity contribution in [2.75, 3.05) is 11.4 Å². The third kappa shape index (κ3) is 2.81. The molecule has 25 heavy (non-hydrogen) atoms. The van der Waals surface area contributed by atoms with Crippen LogP contribution in [-0.4, -0.2) is 22.0 Å². The molecule has 128 valence electrons. The number of anilines is 1. The van der Waals surface area contributed by atoms with Crippen LogP contribution in [0.4, 0.5) is 5.69 Å². The number of hydrogen-bond acceptors (Lipinski definition) is 2. The normalized spacial score (nSPS) is 17.8. The molecule has 3 aromatic rings. The van der Waals surface area contributed by atoms with Gasteiger partial charge in [-0.25, -0.2) is 4.98 Å². The van der Waals surface area contributed by atoms with Gasteiger partial charge in [-0.3, -0.25) is 4.79 Å². The predicted molar refractivity (Wildman–Crippen MR) is 101 cm³/mol. The van der Waals surface area contributed by atoms with Gasteiger partial charge in [-0.05, 0) is 50.2 Å². The maximum Gasteiger partial charge on any atom is 0.227 e. The van der Waals surface area contributed by atoms with E-state index < -0.39 is 0 Å². The molecule has 2 heterocycles. The summed E-state index contributed by atoms with van der Waals surface area (Å²) in [5.41, 5.74) is 3.01. The summed E-state index contributed by atoms with van der Waals surface area (Å²) in [6.45, 7) is 4.97. The SMILES string of the molecule is CC(C)n1c(C2CC(=O)N(c3ccc(Cl)cc3)C2)nc2ccccc21. The van der Waals surface area contributed by atoms with Crippen molar-refractivity contribution in [2.45, 2.75) is 32.2 Å². The molecule has 5 heteroatoms. The average Bonchev–Trinajstić information content (AvgIpc) is 3.16. The Morgan fingerprint density at radius 3 is 2.56 bits per heavy atom. The summed E-state index contributed by atoms with van der Waals surface area (Å²) < 4.78 is 2.26. The molecular weight excluding hydrogens is 334 g/mol. The predicted octanol–water partition coefficient (Wildman–Crippen LogP) is 4.79. The smallest absolute Gasteiger partial charge is 0.227 e. The Labute approximate surface area is 152 Å². The molecule has 0 spiro atoms. The van der Waals surface area contributed by atoms with Gasteiger partial charge >= 0.3 is 0 Å². The Bertz CT molecular complexity index is 930. The molecule has 1 fully saturated rings. The third-order valence-electron chi connectivity index (χ3n) is 4.77. The fourth-order valence-corrected chi connectivity index (χ4v) is 3.77. The van der Waals surface area contributed by atoms with E-state index in [1.165, 1.54) is 0 Å². The summed E-state index contributed by atoms with van der Waals surface area (Å²) in [7, 11) is 0. The Balaban J connectivity index is 1.71. The van der Waals surface area contributed by atoms with E-state index in [1.807, 2.05) is 47.4 Å². The van der Waals surface area contributed by atoms with E-state index in [9.17, 15) is 4.79 Å².